The first-order chi connectivity index (χ1) is 11.0. The highest BCUT2D eigenvalue weighted by atomic mass is 35.5. The maximum atomic E-state index is 12.6. The lowest BCUT2D eigenvalue weighted by Gasteiger charge is -2.33. The first kappa shape index (κ1) is 15.3. The van der Waals surface area contributed by atoms with E-state index in [1.165, 1.54) is 4.90 Å². The van der Waals surface area contributed by atoms with Crippen molar-refractivity contribution in [3.05, 3.63) is 53.3 Å². The van der Waals surface area contributed by atoms with Gasteiger partial charge in [-0.2, -0.15) is 0 Å². The molecule has 3 rings (SSSR count). The van der Waals surface area contributed by atoms with Gasteiger partial charge in [-0.05, 0) is 23.8 Å². The number of hydrogen-bond acceptors (Lipinski definition) is 4. The van der Waals surface area contributed by atoms with E-state index in [4.69, 9.17) is 21.4 Å². The lowest BCUT2D eigenvalue weighted by Crippen LogP contribution is -2.46. The van der Waals surface area contributed by atoms with E-state index in [0.29, 0.717) is 16.6 Å². The summed E-state index contributed by atoms with van der Waals surface area (Å²) in [7, 11) is 0. The number of anilines is 1. The molecule has 0 aliphatic carbocycles. The van der Waals surface area contributed by atoms with Crippen LogP contribution in [-0.2, 0) is 16.1 Å². The molecular weight excluding hydrogens is 320 g/mol. The highest BCUT2D eigenvalue weighted by Gasteiger charge is 2.35. The standard InChI is InChI=1S/C16H13ClN2O4/c17-14-6-5-10(8-18-14)9-19-11-3-1-2-4-12(11)23-13(16(19)22)7-15(20)21/h1-6,8,13H,7,9H2,(H,20,21)/t13-/m0/s1. The Kier molecular flexibility index (Phi) is 4.16. The zero-order valence-electron chi connectivity index (χ0n) is 12.0. The summed E-state index contributed by atoms with van der Waals surface area (Å²) in [5.74, 6) is -0.989. The maximum Gasteiger partial charge on any atom is 0.307 e. The number of fused-ring (bicyclic) bond motifs is 1. The molecule has 1 aromatic heterocycles. The molecule has 2 aromatic rings. The number of carboxylic acids is 1. The molecule has 2 heterocycles. The van der Waals surface area contributed by atoms with Gasteiger partial charge in [0, 0.05) is 6.20 Å². The number of rotatable bonds is 4. The second kappa shape index (κ2) is 6.26. The molecule has 1 aliphatic rings. The Morgan fingerprint density at radius 3 is 2.78 bits per heavy atom. The minimum Gasteiger partial charge on any atom is -0.481 e. The Labute approximate surface area is 137 Å². The Balaban J connectivity index is 1.93. The largest absolute Gasteiger partial charge is 0.481 e. The first-order valence-electron chi connectivity index (χ1n) is 6.94. The van der Waals surface area contributed by atoms with Crippen LogP contribution in [0.25, 0.3) is 0 Å². The van der Waals surface area contributed by atoms with Crippen molar-refractivity contribution in [2.45, 2.75) is 19.1 Å². The van der Waals surface area contributed by atoms with Gasteiger partial charge in [0.25, 0.3) is 5.91 Å². The van der Waals surface area contributed by atoms with Gasteiger partial charge in [0.05, 0.1) is 18.7 Å². The molecule has 0 bridgehead atoms. The van der Waals surface area contributed by atoms with Crippen molar-refractivity contribution in [3.8, 4) is 5.75 Å². The Hall–Kier alpha value is -2.60. The van der Waals surface area contributed by atoms with E-state index in [9.17, 15) is 9.59 Å². The van der Waals surface area contributed by atoms with Crippen molar-refractivity contribution in [1.29, 1.82) is 0 Å². The third-order valence-electron chi connectivity index (χ3n) is 3.46. The molecule has 1 aliphatic heterocycles. The predicted octanol–water partition coefficient (Wildman–Crippen LogP) is 2.50. The molecule has 1 amide bonds. The van der Waals surface area contributed by atoms with Crippen molar-refractivity contribution in [3.63, 3.8) is 0 Å². The number of carbonyl (C=O) groups excluding carboxylic acids is 1. The van der Waals surface area contributed by atoms with Gasteiger partial charge in [-0.1, -0.05) is 29.8 Å². The molecular formula is C16H13ClN2O4. The number of para-hydroxylation sites is 2. The second-order valence-corrected chi connectivity index (χ2v) is 5.47. The summed E-state index contributed by atoms with van der Waals surface area (Å²) in [6.07, 6.45) is 0.158. The predicted molar refractivity (Wildman–Crippen MR) is 83.5 cm³/mol. The number of nitrogens with zero attached hydrogens (tertiary/aromatic N) is 2. The van der Waals surface area contributed by atoms with E-state index in [2.05, 4.69) is 4.98 Å². The van der Waals surface area contributed by atoms with Crippen LogP contribution >= 0.6 is 11.6 Å². The maximum absolute atomic E-state index is 12.6. The third kappa shape index (κ3) is 3.27. The Morgan fingerprint density at radius 2 is 2.09 bits per heavy atom. The van der Waals surface area contributed by atoms with E-state index < -0.39 is 12.1 Å². The fourth-order valence-corrected chi connectivity index (χ4v) is 2.52. The SMILES string of the molecule is O=C(O)C[C@@H]1Oc2ccccc2N(Cc2ccc(Cl)nc2)C1=O. The summed E-state index contributed by atoms with van der Waals surface area (Å²) in [5, 5.41) is 9.33. The Morgan fingerprint density at radius 1 is 1.30 bits per heavy atom. The average molecular weight is 333 g/mol. The van der Waals surface area contributed by atoms with Crippen LogP contribution in [0.15, 0.2) is 42.6 Å². The minimum absolute atomic E-state index is 0.263. The van der Waals surface area contributed by atoms with Crippen LogP contribution in [0.3, 0.4) is 0 Å². The fraction of sp³-hybridized carbons (Fsp3) is 0.188. The van der Waals surface area contributed by atoms with Crippen LogP contribution in [0.4, 0.5) is 5.69 Å². The van der Waals surface area contributed by atoms with Crippen LogP contribution in [0.1, 0.15) is 12.0 Å². The van der Waals surface area contributed by atoms with Gasteiger partial charge in [-0.15, -0.1) is 0 Å². The first-order valence-corrected chi connectivity index (χ1v) is 7.31. The lowest BCUT2D eigenvalue weighted by molar-refractivity contribution is -0.142. The fourth-order valence-electron chi connectivity index (χ4n) is 2.41. The van der Waals surface area contributed by atoms with Gasteiger partial charge in [0.2, 0.25) is 0 Å². The highest BCUT2D eigenvalue weighted by molar-refractivity contribution is 6.29. The molecule has 1 aromatic carbocycles. The van der Waals surface area contributed by atoms with Crippen LogP contribution in [0.2, 0.25) is 5.15 Å². The van der Waals surface area contributed by atoms with Gasteiger partial charge in [0.1, 0.15) is 10.9 Å². The summed E-state index contributed by atoms with van der Waals surface area (Å²) in [5.41, 5.74) is 1.39. The minimum atomic E-state index is -1.09. The topological polar surface area (TPSA) is 79.7 Å². The van der Waals surface area contributed by atoms with E-state index in [1.54, 1.807) is 42.6 Å². The molecule has 7 heteroatoms. The number of carboxylic acid groups (broad SMARTS) is 1. The number of amides is 1. The van der Waals surface area contributed by atoms with Gasteiger partial charge >= 0.3 is 5.97 Å². The van der Waals surface area contributed by atoms with Gasteiger partial charge < -0.3 is 14.7 Å². The number of hydrogen-bond donors (Lipinski definition) is 1. The van der Waals surface area contributed by atoms with Crippen molar-refractivity contribution in [2.24, 2.45) is 0 Å². The van der Waals surface area contributed by atoms with E-state index in [-0.39, 0.29) is 18.9 Å². The quantitative estimate of drug-likeness (QED) is 0.870. The summed E-state index contributed by atoms with van der Waals surface area (Å²) in [4.78, 5) is 29.0. The molecule has 0 saturated carbocycles. The smallest absolute Gasteiger partial charge is 0.307 e. The molecule has 0 radical (unpaired) electrons. The van der Waals surface area contributed by atoms with Crippen LogP contribution in [0, 0.1) is 0 Å². The van der Waals surface area contributed by atoms with E-state index in [1.807, 2.05) is 0 Å². The summed E-state index contributed by atoms with van der Waals surface area (Å²) in [6.45, 7) is 0.263. The second-order valence-electron chi connectivity index (χ2n) is 5.09. The van der Waals surface area contributed by atoms with Crippen molar-refractivity contribution in [1.82, 2.24) is 4.98 Å². The van der Waals surface area contributed by atoms with E-state index in [0.717, 1.165) is 5.56 Å². The molecule has 23 heavy (non-hydrogen) atoms. The summed E-state index contributed by atoms with van der Waals surface area (Å²) in [6, 6.07) is 10.4. The number of aliphatic carboxylic acids is 1. The highest BCUT2D eigenvalue weighted by Crippen LogP contribution is 2.35. The van der Waals surface area contributed by atoms with E-state index >= 15 is 0 Å². The molecule has 1 N–H and O–H groups in total. The van der Waals surface area contributed by atoms with Gasteiger partial charge in [0.15, 0.2) is 6.10 Å². The Bertz CT molecular complexity index is 748. The van der Waals surface area contributed by atoms with Gasteiger partial charge in [-0.25, -0.2) is 4.98 Å². The number of halogens is 1. The van der Waals surface area contributed by atoms with Crippen molar-refractivity contribution >= 4 is 29.2 Å². The van der Waals surface area contributed by atoms with Gasteiger partial charge in [-0.3, -0.25) is 9.59 Å². The monoisotopic (exact) mass is 332 g/mol. The molecule has 1 atom stereocenters. The number of aromatic nitrogens is 1. The summed E-state index contributed by atoms with van der Waals surface area (Å²) < 4.78 is 5.53. The molecule has 0 spiro atoms. The normalized spacial score (nSPS) is 16.7. The number of pyridine rings is 1. The molecule has 0 saturated heterocycles. The third-order valence-corrected chi connectivity index (χ3v) is 3.68. The van der Waals surface area contributed by atoms with Crippen molar-refractivity contribution < 1.29 is 19.4 Å². The average Bonchev–Trinajstić information content (AvgIpc) is 2.53. The van der Waals surface area contributed by atoms with Crippen molar-refractivity contribution in [2.75, 3.05) is 4.90 Å². The molecule has 118 valence electrons. The number of benzene rings is 1. The molecule has 0 fully saturated rings. The molecule has 0 unspecified atom stereocenters. The molecule has 6 nitrogen and oxygen atoms in total. The van der Waals surface area contributed by atoms with Crippen LogP contribution in [0.5, 0.6) is 5.75 Å². The number of carbonyl (C=O) groups is 2. The summed E-state index contributed by atoms with van der Waals surface area (Å²) >= 11 is 5.77. The lowest BCUT2D eigenvalue weighted by atomic mass is 10.1. The number of ether oxygens (including phenoxy) is 1. The van der Waals surface area contributed by atoms with Crippen LogP contribution in [-0.4, -0.2) is 28.1 Å². The zero-order chi connectivity index (χ0) is 16.4. The van der Waals surface area contributed by atoms with Crippen LogP contribution < -0.4 is 9.64 Å². The zero-order valence-corrected chi connectivity index (χ0v) is 12.7.